The Morgan fingerprint density at radius 1 is 0.478 bits per heavy atom. The van der Waals surface area contributed by atoms with E-state index < -0.39 is 0 Å². The molecule has 0 amide bonds. The molecule has 0 aliphatic rings. The second kappa shape index (κ2) is 22.3. The molecule has 0 aromatic rings. The molecule has 0 bridgehead atoms. The predicted molar refractivity (Wildman–Crippen MR) is 111 cm³/mol. The number of nitrogens with two attached hydrogens (primary N) is 1. The van der Waals surface area contributed by atoms with Crippen LogP contribution in [-0.2, 0) is 0 Å². The summed E-state index contributed by atoms with van der Waals surface area (Å²) in [7, 11) is 0. The Hall–Kier alpha value is 0.310. The fourth-order valence-electron chi connectivity index (χ4n) is 3.03. The Morgan fingerprint density at radius 3 is 1.22 bits per heavy atom. The SMILES string of the molecule is CCCCCCCCCCSCCCCCCCCCCCN. The van der Waals surface area contributed by atoms with Crippen molar-refractivity contribution in [2.75, 3.05) is 18.1 Å². The molecule has 2 N–H and O–H groups in total. The Labute approximate surface area is 152 Å². The third-order valence-electron chi connectivity index (χ3n) is 4.64. The number of unbranched alkanes of at least 4 members (excludes halogenated alkanes) is 15. The van der Waals surface area contributed by atoms with Gasteiger partial charge in [-0.1, -0.05) is 96.8 Å². The van der Waals surface area contributed by atoms with E-state index in [2.05, 4.69) is 18.7 Å². The third-order valence-corrected chi connectivity index (χ3v) is 5.79. The summed E-state index contributed by atoms with van der Waals surface area (Å²) in [5.74, 6) is 2.79. The molecular formula is C21H45NS. The van der Waals surface area contributed by atoms with Crippen molar-refractivity contribution in [1.82, 2.24) is 0 Å². The van der Waals surface area contributed by atoms with Crippen LogP contribution in [0.3, 0.4) is 0 Å². The molecule has 0 saturated carbocycles. The summed E-state index contributed by atoms with van der Waals surface area (Å²) in [5, 5.41) is 0. The molecule has 0 radical (unpaired) electrons. The summed E-state index contributed by atoms with van der Waals surface area (Å²) in [6, 6.07) is 0. The highest BCUT2D eigenvalue weighted by atomic mass is 32.2. The minimum absolute atomic E-state index is 0.872. The van der Waals surface area contributed by atoms with Crippen LogP contribution in [0.2, 0.25) is 0 Å². The first-order valence-corrected chi connectivity index (χ1v) is 11.8. The molecule has 0 spiro atoms. The lowest BCUT2D eigenvalue weighted by Crippen LogP contribution is -1.97. The molecule has 0 fully saturated rings. The third kappa shape index (κ3) is 22.3. The van der Waals surface area contributed by atoms with Crippen LogP contribution in [0.4, 0.5) is 0 Å². The lowest BCUT2D eigenvalue weighted by molar-refractivity contribution is 0.568. The minimum Gasteiger partial charge on any atom is -0.330 e. The van der Waals surface area contributed by atoms with Gasteiger partial charge in [-0.15, -0.1) is 0 Å². The highest BCUT2D eigenvalue weighted by Gasteiger charge is 1.95. The van der Waals surface area contributed by atoms with Crippen LogP contribution in [0.15, 0.2) is 0 Å². The fourth-order valence-corrected chi connectivity index (χ4v) is 4.05. The summed E-state index contributed by atoms with van der Waals surface area (Å²) in [6.45, 7) is 3.17. The van der Waals surface area contributed by atoms with Crippen LogP contribution in [0.1, 0.15) is 116 Å². The predicted octanol–water partition coefficient (Wildman–Crippen LogP) is 7.33. The van der Waals surface area contributed by atoms with Crippen LogP contribution in [0, 0.1) is 0 Å². The molecule has 0 aromatic carbocycles. The van der Waals surface area contributed by atoms with E-state index >= 15 is 0 Å². The second-order valence-corrected chi connectivity index (χ2v) is 8.28. The highest BCUT2D eigenvalue weighted by molar-refractivity contribution is 7.99. The van der Waals surface area contributed by atoms with Crippen molar-refractivity contribution in [3.05, 3.63) is 0 Å². The summed E-state index contributed by atoms with van der Waals surface area (Å²) in [6.07, 6.45) is 24.2. The summed E-state index contributed by atoms with van der Waals surface area (Å²) in [4.78, 5) is 0. The molecule has 0 aliphatic carbocycles. The van der Waals surface area contributed by atoms with Crippen molar-refractivity contribution in [3.63, 3.8) is 0 Å². The van der Waals surface area contributed by atoms with Crippen molar-refractivity contribution in [3.8, 4) is 0 Å². The van der Waals surface area contributed by atoms with Gasteiger partial charge in [-0.2, -0.15) is 11.8 Å². The van der Waals surface area contributed by atoms with Crippen LogP contribution in [0.5, 0.6) is 0 Å². The van der Waals surface area contributed by atoms with Gasteiger partial charge in [0.15, 0.2) is 0 Å². The van der Waals surface area contributed by atoms with E-state index in [0.717, 1.165) is 6.54 Å². The van der Waals surface area contributed by atoms with Gasteiger partial charge in [-0.25, -0.2) is 0 Å². The van der Waals surface area contributed by atoms with Crippen molar-refractivity contribution in [2.24, 2.45) is 5.73 Å². The van der Waals surface area contributed by atoms with Gasteiger partial charge >= 0.3 is 0 Å². The molecule has 0 aromatic heterocycles. The molecule has 1 nitrogen and oxygen atoms in total. The molecule has 23 heavy (non-hydrogen) atoms. The van der Waals surface area contributed by atoms with Crippen LogP contribution >= 0.6 is 11.8 Å². The first-order chi connectivity index (χ1) is 11.4. The Balaban J connectivity index is 2.92. The van der Waals surface area contributed by atoms with Gasteiger partial charge in [0, 0.05) is 0 Å². The zero-order valence-electron chi connectivity index (χ0n) is 16.1. The molecule has 2 heteroatoms. The maximum atomic E-state index is 5.50. The van der Waals surface area contributed by atoms with Gasteiger partial charge < -0.3 is 5.73 Å². The van der Waals surface area contributed by atoms with E-state index in [4.69, 9.17) is 5.73 Å². The number of thioether (sulfide) groups is 1. The topological polar surface area (TPSA) is 26.0 Å². The van der Waals surface area contributed by atoms with Gasteiger partial charge in [0.05, 0.1) is 0 Å². The molecule has 0 rings (SSSR count). The number of rotatable bonds is 20. The van der Waals surface area contributed by atoms with Crippen LogP contribution < -0.4 is 5.73 Å². The minimum atomic E-state index is 0.872. The zero-order valence-corrected chi connectivity index (χ0v) is 16.9. The van der Waals surface area contributed by atoms with E-state index in [0.29, 0.717) is 0 Å². The summed E-state index contributed by atoms with van der Waals surface area (Å²) < 4.78 is 0. The van der Waals surface area contributed by atoms with Gasteiger partial charge in [0.25, 0.3) is 0 Å². The van der Waals surface area contributed by atoms with Gasteiger partial charge in [0.1, 0.15) is 0 Å². The quantitative estimate of drug-likeness (QED) is 0.234. The van der Waals surface area contributed by atoms with Crippen LogP contribution in [0.25, 0.3) is 0 Å². The number of hydrogen-bond donors (Lipinski definition) is 1. The molecule has 0 aliphatic heterocycles. The smallest absolute Gasteiger partial charge is 0.00675 e. The lowest BCUT2D eigenvalue weighted by atomic mass is 10.1. The molecule has 0 atom stereocenters. The van der Waals surface area contributed by atoms with Crippen molar-refractivity contribution in [2.45, 2.75) is 116 Å². The molecule has 0 heterocycles. The Kier molecular flexibility index (Phi) is 22.6. The van der Waals surface area contributed by atoms with Crippen molar-refractivity contribution >= 4 is 11.8 Å². The molecular weight excluding hydrogens is 298 g/mol. The van der Waals surface area contributed by atoms with E-state index in [9.17, 15) is 0 Å². The standard InChI is InChI=1S/C21H45NS/c1-2-3-4-5-6-11-14-17-20-23-21-18-15-12-9-7-8-10-13-16-19-22/h2-22H2,1H3. The van der Waals surface area contributed by atoms with Crippen molar-refractivity contribution in [1.29, 1.82) is 0 Å². The Morgan fingerprint density at radius 2 is 0.826 bits per heavy atom. The Bertz CT molecular complexity index is 176. The van der Waals surface area contributed by atoms with Crippen molar-refractivity contribution < 1.29 is 0 Å². The first kappa shape index (κ1) is 23.3. The molecule has 0 unspecified atom stereocenters. The summed E-state index contributed by atoms with van der Waals surface area (Å²) >= 11 is 2.19. The fraction of sp³-hybridized carbons (Fsp3) is 1.00. The second-order valence-electron chi connectivity index (χ2n) is 7.06. The van der Waals surface area contributed by atoms with E-state index in [1.54, 1.807) is 0 Å². The van der Waals surface area contributed by atoms with Crippen LogP contribution in [-0.4, -0.2) is 18.1 Å². The van der Waals surface area contributed by atoms with Gasteiger partial charge in [-0.05, 0) is 37.3 Å². The average Bonchev–Trinajstić information content (AvgIpc) is 2.57. The maximum Gasteiger partial charge on any atom is -0.00675 e. The monoisotopic (exact) mass is 343 g/mol. The molecule has 140 valence electrons. The van der Waals surface area contributed by atoms with E-state index in [1.165, 1.54) is 121 Å². The van der Waals surface area contributed by atoms with Gasteiger partial charge in [0.2, 0.25) is 0 Å². The molecule has 0 saturated heterocycles. The highest BCUT2D eigenvalue weighted by Crippen LogP contribution is 2.14. The van der Waals surface area contributed by atoms with E-state index in [1.807, 2.05) is 0 Å². The lowest BCUT2D eigenvalue weighted by Gasteiger charge is -2.04. The zero-order chi connectivity index (χ0) is 16.8. The average molecular weight is 344 g/mol. The largest absolute Gasteiger partial charge is 0.330 e. The van der Waals surface area contributed by atoms with E-state index in [-0.39, 0.29) is 0 Å². The normalized spacial score (nSPS) is 11.2. The van der Waals surface area contributed by atoms with Gasteiger partial charge in [-0.3, -0.25) is 0 Å². The first-order valence-electron chi connectivity index (χ1n) is 10.7. The maximum absolute atomic E-state index is 5.50. The summed E-state index contributed by atoms with van der Waals surface area (Å²) in [5.41, 5.74) is 5.50. The number of hydrogen-bond acceptors (Lipinski definition) is 2.